The molecular formula is C16H17NO5. The van der Waals surface area contributed by atoms with Crippen molar-refractivity contribution in [1.29, 1.82) is 0 Å². The van der Waals surface area contributed by atoms with Crippen LogP contribution in [0.2, 0.25) is 0 Å². The summed E-state index contributed by atoms with van der Waals surface area (Å²) in [7, 11) is 0. The van der Waals surface area contributed by atoms with Gasteiger partial charge in [-0.1, -0.05) is 31.0 Å². The van der Waals surface area contributed by atoms with Crippen LogP contribution in [0.4, 0.5) is 0 Å². The van der Waals surface area contributed by atoms with Crippen LogP contribution in [0.5, 0.6) is 0 Å². The Balaban J connectivity index is 1.78. The minimum absolute atomic E-state index is 0.253. The van der Waals surface area contributed by atoms with Crippen LogP contribution in [0.3, 0.4) is 0 Å². The van der Waals surface area contributed by atoms with E-state index in [0.717, 1.165) is 0 Å². The number of hydroxylamine groups is 2. The van der Waals surface area contributed by atoms with Gasteiger partial charge in [-0.15, -0.1) is 0 Å². The Bertz CT molecular complexity index is 613. The van der Waals surface area contributed by atoms with Crippen LogP contribution in [-0.2, 0) is 14.4 Å². The first-order valence-corrected chi connectivity index (χ1v) is 7.22. The zero-order chi connectivity index (χ0) is 15.9. The summed E-state index contributed by atoms with van der Waals surface area (Å²) in [5.74, 6) is -1.51. The average Bonchev–Trinajstić information content (AvgIpc) is 2.68. The smallest absolute Gasteiger partial charge is 0.343 e. The molecule has 0 aliphatic carbocycles. The third-order valence-corrected chi connectivity index (χ3v) is 3.92. The van der Waals surface area contributed by atoms with Crippen molar-refractivity contribution >= 4 is 17.8 Å². The maximum Gasteiger partial charge on any atom is 0.343 e. The Morgan fingerprint density at radius 2 is 1.77 bits per heavy atom. The second-order valence-corrected chi connectivity index (χ2v) is 6.20. The highest BCUT2D eigenvalue weighted by molar-refractivity contribution is 6.20. The van der Waals surface area contributed by atoms with E-state index in [0.29, 0.717) is 11.5 Å². The molecule has 0 N–H and O–H groups in total. The van der Waals surface area contributed by atoms with Crippen LogP contribution in [-0.4, -0.2) is 36.1 Å². The molecule has 1 aromatic rings. The molecule has 2 heterocycles. The van der Waals surface area contributed by atoms with Crippen molar-refractivity contribution in [2.24, 2.45) is 11.3 Å². The highest BCUT2D eigenvalue weighted by atomic mass is 16.7. The lowest BCUT2D eigenvalue weighted by Gasteiger charge is -2.40. The van der Waals surface area contributed by atoms with E-state index in [1.54, 1.807) is 24.3 Å². The molecule has 3 rings (SSSR count). The van der Waals surface area contributed by atoms with E-state index in [1.165, 1.54) is 0 Å². The summed E-state index contributed by atoms with van der Waals surface area (Å²) < 4.78 is 5.15. The molecule has 6 heteroatoms. The number of fused-ring (bicyclic) bond motifs is 1. The molecule has 0 atom stereocenters. The minimum atomic E-state index is -0.760. The summed E-state index contributed by atoms with van der Waals surface area (Å²) in [5.41, 5.74) is -0.255. The van der Waals surface area contributed by atoms with Gasteiger partial charge in [0.15, 0.2) is 0 Å². The standard InChI is InChI=1S/C16H17NO5/c1-10(2)7-16(8-21-9-16)15(20)22-17-13(18)11-5-3-4-6-12(11)14(17)19/h3-6,10H,7-9H2,1-2H3. The number of hydrogen-bond acceptors (Lipinski definition) is 5. The molecule has 0 bridgehead atoms. The number of ether oxygens (including phenoxy) is 1. The van der Waals surface area contributed by atoms with Crippen molar-refractivity contribution in [3.63, 3.8) is 0 Å². The molecule has 0 saturated carbocycles. The Labute approximate surface area is 127 Å². The molecule has 0 aromatic heterocycles. The maximum atomic E-state index is 12.4. The maximum absolute atomic E-state index is 12.4. The normalized spacial score (nSPS) is 19.1. The molecule has 116 valence electrons. The van der Waals surface area contributed by atoms with Crippen LogP contribution in [0.25, 0.3) is 0 Å². The molecular weight excluding hydrogens is 286 g/mol. The zero-order valence-corrected chi connectivity index (χ0v) is 12.5. The van der Waals surface area contributed by atoms with E-state index >= 15 is 0 Å². The Morgan fingerprint density at radius 3 is 2.18 bits per heavy atom. The average molecular weight is 303 g/mol. The molecule has 0 spiro atoms. The Morgan fingerprint density at radius 1 is 1.23 bits per heavy atom. The second kappa shape index (κ2) is 5.21. The number of carbonyl (C=O) groups excluding carboxylic acids is 3. The molecule has 22 heavy (non-hydrogen) atoms. The van der Waals surface area contributed by atoms with Crippen LogP contribution in [0, 0.1) is 11.3 Å². The third-order valence-electron chi connectivity index (χ3n) is 3.92. The summed E-state index contributed by atoms with van der Waals surface area (Å²) in [6.45, 7) is 4.51. The van der Waals surface area contributed by atoms with Crippen molar-refractivity contribution < 1.29 is 24.0 Å². The van der Waals surface area contributed by atoms with Crippen molar-refractivity contribution in [2.75, 3.05) is 13.2 Å². The number of carbonyl (C=O) groups is 3. The lowest BCUT2D eigenvalue weighted by Crippen LogP contribution is -2.52. The number of amides is 2. The fraction of sp³-hybridized carbons (Fsp3) is 0.438. The zero-order valence-electron chi connectivity index (χ0n) is 12.5. The first kappa shape index (κ1) is 14.7. The van der Waals surface area contributed by atoms with Crippen LogP contribution in [0.1, 0.15) is 41.0 Å². The lowest BCUT2D eigenvalue weighted by molar-refractivity contribution is -0.210. The van der Waals surface area contributed by atoms with Gasteiger partial charge in [0, 0.05) is 0 Å². The monoisotopic (exact) mass is 303 g/mol. The van der Waals surface area contributed by atoms with Crippen molar-refractivity contribution in [1.82, 2.24) is 5.06 Å². The number of rotatable bonds is 4. The van der Waals surface area contributed by atoms with E-state index in [1.807, 2.05) is 13.8 Å². The number of nitrogens with zero attached hydrogens (tertiary/aromatic N) is 1. The van der Waals surface area contributed by atoms with Gasteiger partial charge in [0.25, 0.3) is 11.8 Å². The summed E-state index contributed by atoms with van der Waals surface area (Å²) in [5, 5.41) is 0.563. The Kier molecular flexibility index (Phi) is 3.48. The first-order valence-electron chi connectivity index (χ1n) is 7.22. The predicted octanol–water partition coefficient (Wildman–Crippen LogP) is 1.80. The van der Waals surface area contributed by atoms with Gasteiger partial charge >= 0.3 is 5.97 Å². The van der Waals surface area contributed by atoms with Gasteiger partial charge in [0.05, 0.1) is 24.3 Å². The third kappa shape index (κ3) is 2.20. The van der Waals surface area contributed by atoms with Crippen LogP contribution >= 0.6 is 0 Å². The van der Waals surface area contributed by atoms with E-state index in [4.69, 9.17) is 9.57 Å². The van der Waals surface area contributed by atoms with Gasteiger partial charge in [-0.25, -0.2) is 4.79 Å². The SMILES string of the molecule is CC(C)CC1(C(=O)ON2C(=O)c3ccccc3C2=O)COC1. The van der Waals surface area contributed by atoms with Gasteiger partial charge in [0.2, 0.25) is 0 Å². The summed E-state index contributed by atoms with van der Waals surface area (Å²) in [4.78, 5) is 42.0. The molecule has 0 radical (unpaired) electrons. The summed E-state index contributed by atoms with van der Waals surface area (Å²) in [6, 6.07) is 6.41. The van der Waals surface area contributed by atoms with Crippen molar-refractivity contribution in [2.45, 2.75) is 20.3 Å². The fourth-order valence-corrected chi connectivity index (χ4v) is 2.88. The Hall–Kier alpha value is -2.21. The quantitative estimate of drug-likeness (QED) is 0.793. The lowest BCUT2D eigenvalue weighted by atomic mass is 9.78. The molecule has 6 nitrogen and oxygen atoms in total. The van der Waals surface area contributed by atoms with Gasteiger partial charge in [0.1, 0.15) is 5.41 Å². The predicted molar refractivity (Wildman–Crippen MR) is 75.7 cm³/mol. The molecule has 1 fully saturated rings. The van der Waals surface area contributed by atoms with E-state index in [2.05, 4.69) is 0 Å². The molecule has 2 amide bonds. The van der Waals surface area contributed by atoms with Gasteiger partial charge in [-0.05, 0) is 24.5 Å². The van der Waals surface area contributed by atoms with Gasteiger partial charge < -0.3 is 9.57 Å². The fourth-order valence-electron chi connectivity index (χ4n) is 2.88. The number of benzene rings is 1. The van der Waals surface area contributed by atoms with Crippen LogP contribution in [0.15, 0.2) is 24.3 Å². The van der Waals surface area contributed by atoms with Crippen molar-refractivity contribution in [3.05, 3.63) is 35.4 Å². The molecule has 1 saturated heterocycles. The summed E-state index contributed by atoms with van der Waals surface area (Å²) in [6.07, 6.45) is 0.592. The number of hydrogen-bond donors (Lipinski definition) is 0. The first-order chi connectivity index (χ1) is 10.4. The molecule has 2 aliphatic heterocycles. The largest absolute Gasteiger partial charge is 0.379 e. The number of imide groups is 1. The van der Waals surface area contributed by atoms with E-state index in [9.17, 15) is 14.4 Å². The molecule has 2 aliphatic rings. The van der Waals surface area contributed by atoms with Gasteiger partial charge in [-0.3, -0.25) is 9.59 Å². The highest BCUT2D eigenvalue weighted by Crippen LogP contribution is 2.37. The van der Waals surface area contributed by atoms with Gasteiger partial charge in [-0.2, -0.15) is 0 Å². The highest BCUT2D eigenvalue weighted by Gasteiger charge is 2.50. The minimum Gasteiger partial charge on any atom is -0.379 e. The second-order valence-electron chi connectivity index (χ2n) is 6.20. The topological polar surface area (TPSA) is 72.9 Å². The van der Waals surface area contributed by atoms with Crippen LogP contribution < -0.4 is 0 Å². The van der Waals surface area contributed by atoms with Crippen molar-refractivity contribution in [3.8, 4) is 0 Å². The molecule has 1 aromatic carbocycles. The van der Waals surface area contributed by atoms with E-state index in [-0.39, 0.29) is 30.3 Å². The van der Waals surface area contributed by atoms with E-state index < -0.39 is 23.2 Å². The summed E-state index contributed by atoms with van der Waals surface area (Å²) >= 11 is 0. The molecule has 0 unspecified atom stereocenters.